The second kappa shape index (κ2) is 7.57. The number of hydrogen-bond donors (Lipinski definition) is 1. The molecule has 1 aromatic carbocycles. The van der Waals surface area contributed by atoms with Crippen LogP contribution < -0.4 is 0 Å². The highest BCUT2D eigenvalue weighted by atomic mass is 16.4. The Bertz CT molecular complexity index is 480. The van der Waals surface area contributed by atoms with E-state index in [1.165, 1.54) is 11.1 Å². The predicted octanol–water partition coefficient (Wildman–Crippen LogP) is 2.47. The molecule has 0 bridgehead atoms. The van der Waals surface area contributed by atoms with Crippen molar-refractivity contribution in [2.24, 2.45) is 0 Å². The molecule has 0 saturated carbocycles. The lowest BCUT2D eigenvalue weighted by Crippen LogP contribution is -2.44. The van der Waals surface area contributed by atoms with Gasteiger partial charge in [0.2, 0.25) is 0 Å². The highest BCUT2D eigenvalue weighted by molar-refractivity contribution is 5.87. The fourth-order valence-electron chi connectivity index (χ4n) is 2.76. The van der Waals surface area contributed by atoms with Crippen LogP contribution in [0.3, 0.4) is 0 Å². The number of unbranched alkanes of at least 4 members (excludes halogenated alkanes) is 1. The van der Waals surface area contributed by atoms with Crippen molar-refractivity contribution in [1.82, 2.24) is 9.80 Å². The molecule has 4 heteroatoms. The Morgan fingerprint density at radius 1 is 1.19 bits per heavy atom. The fraction of sp³-hybridized carbons (Fsp3) is 0.588. The van der Waals surface area contributed by atoms with Crippen LogP contribution in [0.4, 0.5) is 0 Å². The van der Waals surface area contributed by atoms with Crippen molar-refractivity contribution in [3.63, 3.8) is 0 Å². The summed E-state index contributed by atoms with van der Waals surface area (Å²) >= 11 is 0. The molecule has 21 heavy (non-hydrogen) atoms. The minimum Gasteiger partial charge on any atom is -0.478 e. The summed E-state index contributed by atoms with van der Waals surface area (Å²) in [4.78, 5) is 16.0. The number of rotatable bonds is 6. The van der Waals surface area contributed by atoms with E-state index in [9.17, 15) is 4.79 Å². The molecule has 4 nitrogen and oxygen atoms in total. The first-order chi connectivity index (χ1) is 10.1. The summed E-state index contributed by atoms with van der Waals surface area (Å²) in [5.74, 6) is -0.834. The molecular weight excluding hydrogens is 264 g/mol. The Hall–Kier alpha value is -1.39. The fourth-order valence-corrected chi connectivity index (χ4v) is 2.76. The molecule has 0 spiro atoms. The first kappa shape index (κ1) is 16.0. The Labute approximate surface area is 127 Å². The molecule has 1 heterocycles. The van der Waals surface area contributed by atoms with Gasteiger partial charge in [-0.25, -0.2) is 4.79 Å². The lowest BCUT2D eigenvalue weighted by atomic mass is 9.98. The van der Waals surface area contributed by atoms with E-state index in [-0.39, 0.29) is 0 Å². The number of carboxylic acids is 1. The number of aryl methyl sites for hydroxylation is 1. The molecule has 1 fully saturated rings. The summed E-state index contributed by atoms with van der Waals surface area (Å²) in [6.45, 7) is 7.50. The van der Waals surface area contributed by atoms with Crippen LogP contribution in [-0.2, 0) is 13.0 Å². The number of aromatic carboxylic acids is 1. The van der Waals surface area contributed by atoms with Crippen molar-refractivity contribution in [2.45, 2.75) is 32.7 Å². The molecule has 0 atom stereocenters. The van der Waals surface area contributed by atoms with E-state index in [1.807, 2.05) is 12.1 Å². The monoisotopic (exact) mass is 290 g/mol. The second-order valence-electron chi connectivity index (χ2n) is 5.97. The largest absolute Gasteiger partial charge is 0.478 e. The van der Waals surface area contributed by atoms with Crippen molar-refractivity contribution in [2.75, 3.05) is 33.2 Å². The van der Waals surface area contributed by atoms with Gasteiger partial charge in [0.25, 0.3) is 0 Å². The summed E-state index contributed by atoms with van der Waals surface area (Å²) in [7, 11) is 2.16. The van der Waals surface area contributed by atoms with Crippen LogP contribution in [0, 0.1) is 0 Å². The average Bonchev–Trinajstić information content (AvgIpc) is 2.48. The highest BCUT2D eigenvalue weighted by Crippen LogP contribution is 2.18. The van der Waals surface area contributed by atoms with Gasteiger partial charge in [-0.05, 0) is 43.1 Å². The summed E-state index contributed by atoms with van der Waals surface area (Å²) in [5, 5.41) is 9.16. The quantitative estimate of drug-likeness (QED) is 0.874. The normalized spacial score (nSPS) is 17.0. The van der Waals surface area contributed by atoms with Crippen molar-refractivity contribution in [1.29, 1.82) is 0 Å². The van der Waals surface area contributed by atoms with E-state index >= 15 is 0 Å². The molecule has 2 rings (SSSR count). The standard InChI is InChI=1S/C17H26N2O2/c1-3-4-5-14-12-15(17(20)21)6-7-16(14)13-19-10-8-18(2)9-11-19/h6-7,12H,3-5,8-11,13H2,1-2H3,(H,20,21). The zero-order valence-corrected chi connectivity index (χ0v) is 13.1. The Morgan fingerprint density at radius 3 is 2.52 bits per heavy atom. The van der Waals surface area contributed by atoms with E-state index in [4.69, 9.17) is 5.11 Å². The minimum absolute atomic E-state index is 0.406. The van der Waals surface area contributed by atoms with Crippen LogP contribution in [0.1, 0.15) is 41.3 Å². The van der Waals surface area contributed by atoms with Gasteiger partial charge in [-0.3, -0.25) is 4.90 Å². The molecule has 0 aliphatic carbocycles. The maximum Gasteiger partial charge on any atom is 0.335 e. The molecule has 0 unspecified atom stereocenters. The van der Waals surface area contributed by atoms with Crippen LogP contribution in [0.25, 0.3) is 0 Å². The van der Waals surface area contributed by atoms with E-state index < -0.39 is 5.97 Å². The number of likely N-dealkylation sites (N-methyl/N-ethyl adjacent to an activating group) is 1. The third-order valence-electron chi connectivity index (χ3n) is 4.24. The maximum atomic E-state index is 11.1. The van der Waals surface area contributed by atoms with Crippen molar-refractivity contribution in [3.05, 3.63) is 34.9 Å². The average molecular weight is 290 g/mol. The highest BCUT2D eigenvalue weighted by Gasteiger charge is 2.16. The lowest BCUT2D eigenvalue weighted by Gasteiger charge is -2.32. The molecule has 1 aliphatic rings. The number of hydrogen-bond acceptors (Lipinski definition) is 3. The maximum absolute atomic E-state index is 11.1. The van der Waals surface area contributed by atoms with Gasteiger partial charge in [0.05, 0.1) is 5.56 Å². The SMILES string of the molecule is CCCCc1cc(C(=O)O)ccc1CN1CCN(C)CC1. The van der Waals surface area contributed by atoms with Gasteiger partial charge in [0.1, 0.15) is 0 Å². The van der Waals surface area contributed by atoms with E-state index in [2.05, 4.69) is 23.8 Å². The van der Waals surface area contributed by atoms with Gasteiger partial charge in [-0.2, -0.15) is 0 Å². The predicted molar refractivity (Wildman–Crippen MR) is 84.8 cm³/mol. The summed E-state index contributed by atoms with van der Waals surface area (Å²) in [6, 6.07) is 5.61. The molecule has 1 saturated heterocycles. The van der Waals surface area contributed by atoms with E-state index in [0.29, 0.717) is 5.56 Å². The minimum atomic E-state index is -0.834. The lowest BCUT2D eigenvalue weighted by molar-refractivity contribution is 0.0696. The van der Waals surface area contributed by atoms with Crippen LogP contribution in [0.2, 0.25) is 0 Å². The first-order valence-electron chi connectivity index (χ1n) is 7.86. The van der Waals surface area contributed by atoms with Crippen molar-refractivity contribution >= 4 is 5.97 Å². The number of nitrogens with zero attached hydrogens (tertiary/aromatic N) is 2. The van der Waals surface area contributed by atoms with Gasteiger partial charge >= 0.3 is 5.97 Å². The topological polar surface area (TPSA) is 43.8 Å². The molecule has 116 valence electrons. The third-order valence-corrected chi connectivity index (χ3v) is 4.24. The number of benzene rings is 1. The Morgan fingerprint density at radius 2 is 1.90 bits per heavy atom. The third kappa shape index (κ3) is 4.55. The number of carboxylic acid groups (broad SMARTS) is 1. The summed E-state index contributed by atoms with van der Waals surface area (Å²) in [5.41, 5.74) is 2.90. The van der Waals surface area contributed by atoms with Crippen LogP contribution in [0.15, 0.2) is 18.2 Å². The molecule has 1 aromatic rings. The molecule has 0 aromatic heterocycles. The van der Waals surface area contributed by atoms with E-state index in [0.717, 1.165) is 52.0 Å². The van der Waals surface area contributed by atoms with Gasteiger partial charge in [-0.15, -0.1) is 0 Å². The van der Waals surface area contributed by atoms with Gasteiger partial charge in [-0.1, -0.05) is 19.4 Å². The van der Waals surface area contributed by atoms with Gasteiger partial charge in [0.15, 0.2) is 0 Å². The molecule has 1 N–H and O–H groups in total. The van der Waals surface area contributed by atoms with Gasteiger partial charge < -0.3 is 10.0 Å². The molecule has 0 radical (unpaired) electrons. The van der Waals surface area contributed by atoms with E-state index in [1.54, 1.807) is 6.07 Å². The zero-order chi connectivity index (χ0) is 15.2. The van der Waals surface area contributed by atoms with Crippen LogP contribution >= 0.6 is 0 Å². The number of carbonyl (C=O) groups is 1. The summed E-state index contributed by atoms with van der Waals surface area (Å²) in [6.07, 6.45) is 3.21. The zero-order valence-electron chi connectivity index (χ0n) is 13.1. The molecular formula is C17H26N2O2. The van der Waals surface area contributed by atoms with Crippen molar-refractivity contribution < 1.29 is 9.90 Å². The Kier molecular flexibility index (Phi) is 5.76. The molecule has 1 aliphatic heterocycles. The molecule has 0 amide bonds. The van der Waals surface area contributed by atoms with Crippen molar-refractivity contribution in [3.8, 4) is 0 Å². The Balaban J connectivity index is 2.11. The number of piperazine rings is 1. The van der Waals surface area contributed by atoms with Crippen LogP contribution in [0.5, 0.6) is 0 Å². The van der Waals surface area contributed by atoms with Gasteiger partial charge in [0, 0.05) is 32.7 Å². The smallest absolute Gasteiger partial charge is 0.335 e. The van der Waals surface area contributed by atoms with Crippen LogP contribution in [-0.4, -0.2) is 54.1 Å². The first-order valence-corrected chi connectivity index (χ1v) is 7.86. The second-order valence-corrected chi connectivity index (χ2v) is 5.97. The summed E-state index contributed by atoms with van der Waals surface area (Å²) < 4.78 is 0.